The third-order valence-corrected chi connectivity index (χ3v) is 4.40. The van der Waals surface area contributed by atoms with E-state index in [0.29, 0.717) is 11.4 Å². The minimum absolute atomic E-state index is 0.0155. The average molecular weight is 316 g/mol. The van der Waals surface area contributed by atoms with E-state index < -0.39 is 0 Å². The molecule has 2 rings (SSSR count). The molecule has 0 unspecified atom stereocenters. The van der Waals surface area contributed by atoms with E-state index in [1.165, 1.54) is 16.7 Å². The molecule has 3 heteroatoms. The number of amides is 1. The maximum absolute atomic E-state index is 12.2. The van der Waals surface area contributed by atoms with Gasteiger partial charge in [-0.05, 0) is 61.6 Å². The highest BCUT2D eigenvalue weighted by Crippen LogP contribution is 2.22. The summed E-state index contributed by atoms with van der Waals surface area (Å²) in [6.45, 7) is 8.30. The minimum Gasteiger partial charge on any atom is -0.349 e. The predicted octanol–water partition coefficient (Wildman–Crippen LogP) is 4.69. The van der Waals surface area contributed by atoms with Crippen LogP contribution in [0.5, 0.6) is 0 Å². The van der Waals surface area contributed by atoms with Crippen molar-refractivity contribution < 1.29 is 4.79 Å². The van der Waals surface area contributed by atoms with Crippen LogP contribution in [0.3, 0.4) is 0 Å². The average Bonchev–Trinajstić information content (AvgIpc) is 2.45. The van der Waals surface area contributed by atoms with Gasteiger partial charge in [0.05, 0.1) is 12.5 Å². The van der Waals surface area contributed by atoms with Crippen LogP contribution in [-0.2, 0) is 11.2 Å². The first-order valence-corrected chi connectivity index (χ1v) is 7.86. The van der Waals surface area contributed by atoms with E-state index in [0.717, 1.165) is 11.1 Å². The number of hydrogen-bond donors (Lipinski definition) is 1. The number of aryl methyl sites for hydroxylation is 3. The first-order chi connectivity index (χ1) is 10.4. The van der Waals surface area contributed by atoms with Gasteiger partial charge in [-0.2, -0.15) is 0 Å². The molecule has 1 N–H and O–H groups in total. The third-order valence-electron chi connectivity index (χ3n) is 4.04. The largest absolute Gasteiger partial charge is 0.349 e. The fraction of sp³-hybridized carbons (Fsp3) is 0.316. The van der Waals surface area contributed by atoms with E-state index in [4.69, 9.17) is 11.6 Å². The van der Waals surface area contributed by atoms with Gasteiger partial charge in [-0.3, -0.25) is 4.79 Å². The molecule has 0 aromatic heterocycles. The Labute approximate surface area is 137 Å². The van der Waals surface area contributed by atoms with E-state index >= 15 is 0 Å². The molecular weight excluding hydrogens is 294 g/mol. The van der Waals surface area contributed by atoms with Crippen LogP contribution in [0.2, 0.25) is 5.02 Å². The van der Waals surface area contributed by atoms with Gasteiger partial charge in [0.25, 0.3) is 0 Å². The molecule has 2 aromatic carbocycles. The molecule has 0 radical (unpaired) electrons. The normalized spacial score (nSPS) is 12.0. The van der Waals surface area contributed by atoms with Crippen molar-refractivity contribution in [3.63, 3.8) is 0 Å². The molecule has 22 heavy (non-hydrogen) atoms. The molecule has 0 saturated carbocycles. The Morgan fingerprint density at radius 1 is 1.09 bits per heavy atom. The van der Waals surface area contributed by atoms with Gasteiger partial charge >= 0.3 is 0 Å². The Kier molecular flexibility index (Phi) is 5.25. The van der Waals surface area contributed by atoms with Crippen LogP contribution < -0.4 is 5.32 Å². The molecule has 0 saturated heterocycles. The minimum atomic E-state index is -0.0192. The fourth-order valence-corrected chi connectivity index (χ4v) is 2.84. The lowest BCUT2D eigenvalue weighted by atomic mass is 9.96. The highest BCUT2D eigenvalue weighted by atomic mass is 35.5. The summed E-state index contributed by atoms with van der Waals surface area (Å²) in [5.74, 6) is -0.0155. The Hall–Kier alpha value is -1.80. The zero-order valence-corrected chi connectivity index (χ0v) is 14.3. The molecule has 0 aliphatic rings. The van der Waals surface area contributed by atoms with Gasteiger partial charge in [0.2, 0.25) is 5.91 Å². The molecule has 0 aliphatic carbocycles. The summed E-state index contributed by atoms with van der Waals surface area (Å²) in [5.41, 5.74) is 5.73. The van der Waals surface area contributed by atoms with E-state index in [2.05, 4.69) is 38.2 Å². The number of benzene rings is 2. The number of carbonyl (C=O) groups excluding carboxylic acids is 1. The molecular formula is C19H22ClNO. The van der Waals surface area contributed by atoms with Gasteiger partial charge in [-0.1, -0.05) is 41.9 Å². The van der Waals surface area contributed by atoms with E-state index in [-0.39, 0.29) is 11.9 Å². The van der Waals surface area contributed by atoms with Crippen LogP contribution in [0.15, 0.2) is 36.4 Å². The van der Waals surface area contributed by atoms with Gasteiger partial charge in [0.1, 0.15) is 0 Å². The van der Waals surface area contributed by atoms with Gasteiger partial charge in [0.15, 0.2) is 0 Å². The van der Waals surface area contributed by atoms with Crippen molar-refractivity contribution in [1.29, 1.82) is 0 Å². The molecule has 0 fully saturated rings. The summed E-state index contributed by atoms with van der Waals surface area (Å²) in [7, 11) is 0. The lowest BCUT2D eigenvalue weighted by molar-refractivity contribution is -0.121. The lowest BCUT2D eigenvalue weighted by Gasteiger charge is -2.18. The van der Waals surface area contributed by atoms with Crippen molar-refractivity contribution in [3.05, 3.63) is 69.2 Å². The first-order valence-electron chi connectivity index (χ1n) is 7.49. The fourth-order valence-electron chi connectivity index (χ4n) is 2.63. The Balaban J connectivity index is 2.09. The van der Waals surface area contributed by atoms with Crippen LogP contribution in [0, 0.1) is 20.8 Å². The summed E-state index contributed by atoms with van der Waals surface area (Å²) >= 11 is 6.11. The predicted molar refractivity (Wildman–Crippen MR) is 92.4 cm³/mol. The molecule has 2 nitrogen and oxygen atoms in total. The van der Waals surface area contributed by atoms with Crippen molar-refractivity contribution in [2.45, 2.75) is 40.2 Å². The van der Waals surface area contributed by atoms with Crippen molar-refractivity contribution in [2.24, 2.45) is 0 Å². The van der Waals surface area contributed by atoms with Crippen molar-refractivity contribution in [1.82, 2.24) is 5.32 Å². The maximum atomic E-state index is 12.2. The van der Waals surface area contributed by atoms with Crippen LogP contribution in [0.1, 0.15) is 40.8 Å². The van der Waals surface area contributed by atoms with E-state index in [1.807, 2.05) is 25.1 Å². The number of hydrogen-bond acceptors (Lipinski definition) is 1. The molecule has 0 bridgehead atoms. The summed E-state index contributed by atoms with van der Waals surface area (Å²) in [5, 5.41) is 3.69. The molecule has 2 aromatic rings. The van der Waals surface area contributed by atoms with Gasteiger partial charge in [-0.25, -0.2) is 0 Å². The van der Waals surface area contributed by atoms with Crippen LogP contribution in [0.25, 0.3) is 0 Å². The first kappa shape index (κ1) is 16.6. The van der Waals surface area contributed by atoms with Crippen LogP contribution in [0.4, 0.5) is 0 Å². The molecule has 0 heterocycles. The number of halogens is 1. The monoisotopic (exact) mass is 315 g/mol. The Bertz CT molecular complexity index is 694. The summed E-state index contributed by atoms with van der Waals surface area (Å²) in [6.07, 6.45) is 0.300. The zero-order chi connectivity index (χ0) is 16.3. The highest BCUT2D eigenvalue weighted by molar-refractivity contribution is 6.31. The number of carbonyl (C=O) groups is 1. The Morgan fingerprint density at radius 3 is 2.41 bits per heavy atom. The number of rotatable bonds is 4. The summed E-state index contributed by atoms with van der Waals surface area (Å²) in [6, 6.07) is 11.8. The standard InChI is InChI=1S/C19H22ClNO/c1-12-9-14(3)17(10-13(12)2)15(4)21-19(22)11-16-7-5-6-8-18(16)20/h5-10,15H,11H2,1-4H3,(H,21,22)/t15-/m1/s1. The maximum Gasteiger partial charge on any atom is 0.224 e. The van der Waals surface area contributed by atoms with E-state index in [9.17, 15) is 4.79 Å². The smallest absolute Gasteiger partial charge is 0.224 e. The van der Waals surface area contributed by atoms with Crippen molar-refractivity contribution in [3.8, 4) is 0 Å². The molecule has 0 aliphatic heterocycles. The quantitative estimate of drug-likeness (QED) is 0.871. The number of nitrogens with one attached hydrogen (secondary N) is 1. The second-order valence-electron chi connectivity index (χ2n) is 5.85. The van der Waals surface area contributed by atoms with E-state index in [1.54, 1.807) is 6.07 Å². The third kappa shape index (κ3) is 3.89. The van der Waals surface area contributed by atoms with Gasteiger partial charge in [0, 0.05) is 5.02 Å². The topological polar surface area (TPSA) is 29.1 Å². The molecule has 116 valence electrons. The highest BCUT2D eigenvalue weighted by Gasteiger charge is 2.14. The lowest BCUT2D eigenvalue weighted by Crippen LogP contribution is -2.28. The second kappa shape index (κ2) is 6.97. The Morgan fingerprint density at radius 2 is 1.73 bits per heavy atom. The zero-order valence-electron chi connectivity index (χ0n) is 13.5. The summed E-state index contributed by atoms with van der Waals surface area (Å²) < 4.78 is 0. The molecule has 0 spiro atoms. The molecule has 1 atom stereocenters. The van der Waals surface area contributed by atoms with Crippen molar-refractivity contribution in [2.75, 3.05) is 0 Å². The van der Waals surface area contributed by atoms with Gasteiger partial charge < -0.3 is 5.32 Å². The van der Waals surface area contributed by atoms with Crippen LogP contribution >= 0.6 is 11.6 Å². The SMILES string of the molecule is Cc1cc(C)c([C@@H](C)NC(=O)Cc2ccccc2Cl)cc1C. The van der Waals surface area contributed by atoms with Gasteiger partial charge in [-0.15, -0.1) is 0 Å². The van der Waals surface area contributed by atoms with Crippen molar-refractivity contribution >= 4 is 17.5 Å². The van der Waals surface area contributed by atoms with Crippen LogP contribution in [-0.4, -0.2) is 5.91 Å². The summed E-state index contributed by atoms with van der Waals surface area (Å²) in [4.78, 5) is 12.2. The second-order valence-corrected chi connectivity index (χ2v) is 6.26. The molecule has 1 amide bonds.